The predicted molar refractivity (Wildman–Crippen MR) is 126 cm³/mol. The highest BCUT2D eigenvalue weighted by atomic mass is 32.1. The molecule has 1 aliphatic carbocycles. The number of pyridine rings is 1. The molecular weight excluding hydrogens is 453 g/mol. The van der Waals surface area contributed by atoms with E-state index in [1.54, 1.807) is 18.3 Å². The molecule has 2 aliphatic rings. The van der Waals surface area contributed by atoms with Gasteiger partial charge in [0.2, 0.25) is 11.7 Å². The number of piperidine rings is 1. The molecule has 0 radical (unpaired) electrons. The topological polar surface area (TPSA) is 77.8 Å². The summed E-state index contributed by atoms with van der Waals surface area (Å²) >= 11 is 5.83. The van der Waals surface area contributed by atoms with Crippen LogP contribution in [-0.4, -0.2) is 47.5 Å². The molecule has 4 aromatic rings. The van der Waals surface area contributed by atoms with E-state index >= 15 is 0 Å². The molecule has 8 nitrogen and oxygen atoms in total. The van der Waals surface area contributed by atoms with Crippen LogP contribution in [-0.2, 0) is 6.67 Å². The summed E-state index contributed by atoms with van der Waals surface area (Å²) in [7, 11) is 0. The van der Waals surface area contributed by atoms with Crippen molar-refractivity contribution in [1.29, 1.82) is 0 Å². The van der Waals surface area contributed by atoms with Gasteiger partial charge < -0.3 is 4.52 Å². The van der Waals surface area contributed by atoms with Gasteiger partial charge in [0.15, 0.2) is 10.6 Å². The van der Waals surface area contributed by atoms with Gasteiger partial charge in [-0.3, -0.25) is 14.5 Å². The number of nitrogens with zero attached hydrogens (tertiary/aromatic N) is 7. The fourth-order valence-electron chi connectivity index (χ4n) is 4.59. The highest BCUT2D eigenvalue weighted by Gasteiger charge is 2.31. The fourth-order valence-corrected chi connectivity index (χ4v) is 4.92. The summed E-state index contributed by atoms with van der Waals surface area (Å²) in [5.41, 5.74) is 1.59. The van der Waals surface area contributed by atoms with Gasteiger partial charge in [0, 0.05) is 36.1 Å². The molecule has 6 rings (SSSR count). The zero-order chi connectivity index (χ0) is 23.1. The zero-order valence-corrected chi connectivity index (χ0v) is 19.4. The van der Waals surface area contributed by atoms with Crippen molar-refractivity contribution in [2.24, 2.45) is 0 Å². The molecule has 4 heterocycles. The van der Waals surface area contributed by atoms with E-state index < -0.39 is 0 Å². The molecule has 10 heteroatoms. The highest BCUT2D eigenvalue weighted by Crippen LogP contribution is 2.38. The predicted octanol–water partition coefficient (Wildman–Crippen LogP) is 4.84. The first-order valence-corrected chi connectivity index (χ1v) is 12.0. The molecule has 0 bridgehead atoms. The van der Waals surface area contributed by atoms with Gasteiger partial charge in [-0.1, -0.05) is 17.3 Å². The summed E-state index contributed by atoms with van der Waals surface area (Å²) in [4.78, 5) is 11.2. The lowest BCUT2D eigenvalue weighted by atomic mass is 9.98. The maximum Gasteiger partial charge on any atom is 0.231 e. The van der Waals surface area contributed by atoms with Crippen LogP contribution in [0.3, 0.4) is 0 Å². The Morgan fingerprint density at radius 3 is 2.79 bits per heavy atom. The summed E-state index contributed by atoms with van der Waals surface area (Å²) in [6.07, 6.45) is 7.83. The third kappa shape index (κ3) is 4.19. The molecule has 0 unspecified atom stereocenters. The Bertz CT molecular complexity index is 1360. The van der Waals surface area contributed by atoms with Crippen molar-refractivity contribution in [1.82, 2.24) is 34.4 Å². The Balaban J connectivity index is 1.21. The lowest BCUT2D eigenvalue weighted by Crippen LogP contribution is -2.36. The van der Waals surface area contributed by atoms with Crippen LogP contribution in [0.5, 0.6) is 0 Å². The monoisotopic (exact) mass is 477 g/mol. The average Bonchev–Trinajstić information content (AvgIpc) is 3.47. The van der Waals surface area contributed by atoms with E-state index in [4.69, 9.17) is 21.8 Å². The largest absolute Gasteiger partial charge is 0.339 e. The second-order valence-electron chi connectivity index (χ2n) is 8.97. The molecule has 2 fully saturated rings. The van der Waals surface area contributed by atoms with Crippen LogP contribution in [0.25, 0.3) is 22.8 Å². The molecule has 0 N–H and O–H groups in total. The van der Waals surface area contributed by atoms with E-state index in [9.17, 15) is 4.39 Å². The highest BCUT2D eigenvalue weighted by molar-refractivity contribution is 7.71. The Kier molecular flexibility index (Phi) is 5.54. The maximum atomic E-state index is 13.6. The lowest BCUT2D eigenvalue weighted by molar-refractivity contribution is 0.143. The number of benzene rings is 1. The minimum atomic E-state index is -0.319. The fraction of sp³-hybridized carbons (Fsp3) is 0.375. The molecule has 3 aromatic heterocycles. The second kappa shape index (κ2) is 8.84. The van der Waals surface area contributed by atoms with Crippen LogP contribution in [0.2, 0.25) is 0 Å². The summed E-state index contributed by atoms with van der Waals surface area (Å²) in [5.74, 6) is 1.68. The van der Waals surface area contributed by atoms with Crippen molar-refractivity contribution in [2.75, 3.05) is 13.1 Å². The van der Waals surface area contributed by atoms with E-state index in [1.165, 1.54) is 12.1 Å². The molecule has 0 spiro atoms. The van der Waals surface area contributed by atoms with Crippen LogP contribution in [0, 0.1) is 10.6 Å². The van der Waals surface area contributed by atoms with Gasteiger partial charge >= 0.3 is 0 Å². The first-order chi connectivity index (χ1) is 16.7. The second-order valence-corrected chi connectivity index (χ2v) is 9.34. The maximum absolute atomic E-state index is 13.6. The van der Waals surface area contributed by atoms with Crippen molar-refractivity contribution in [3.8, 4) is 22.8 Å². The molecule has 1 saturated carbocycles. The molecule has 1 aromatic carbocycles. The summed E-state index contributed by atoms with van der Waals surface area (Å²) < 4.78 is 24.0. The van der Waals surface area contributed by atoms with Crippen LogP contribution in [0.15, 0.2) is 53.3 Å². The number of aromatic nitrogens is 6. The SMILES string of the molecule is Fc1cccc(-c2noc([C@H]3CCCN(Cn4nc(-c5cccnc5)n(C5CC5)c4=S)C3)n2)c1. The lowest BCUT2D eigenvalue weighted by Gasteiger charge is -2.30. The summed E-state index contributed by atoms with van der Waals surface area (Å²) in [6, 6.07) is 10.6. The van der Waals surface area contributed by atoms with E-state index in [0.29, 0.717) is 30.0 Å². The molecular formula is C24H24FN7OS. The van der Waals surface area contributed by atoms with Gasteiger partial charge in [-0.25, -0.2) is 9.07 Å². The van der Waals surface area contributed by atoms with Crippen LogP contribution in [0.4, 0.5) is 4.39 Å². The smallest absolute Gasteiger partial charge is 0.231 e. The van der Waals surface area contributed by atoms with Gasteiger partial charge in [0.1, 0.15) is 5.82 Å². The Morgan fingerprint density at radius 1 is 1.12 bits per heavy atom. The van der Waals surface area contributed by atoms with E-state index in [0.717, 1.165) is 54.9 Å². The van der Waals surface area contributed by atoms with E-state index in [-0.39, 0.29) is 11.7 Å². The van der Waals surface area contributed by atoms with Crippen LogP contribution >= 0.6 is 12.2 Å². The zero-order valence-electron chi connectivity index (χ0n) is 18.5. The van der Waals surface area contributed by atoms with Crippen molar-refractivity contribution < 1.29 is 8.91 Å². The quantitative estimate of drug-likeness (QED) is 0.368. The van der Waals surface area contributed by atoms with Crippen molar-refractivity contribution in [3.63, 3.8) is 0 Å². The third-order valence-corrected chi connectivity index (χ3v) is 6.82. The van der Waals surface area contributed by atoms with Crippen LogP contribution in [0.1, 0.15) is 43.5 Å². The van der Waals surface area contributed by atoms with Crippen molar-refractivity contribution >= 4 is 12.2 Å². The first kappa shape index (κ1) is 21.3. The standard InChI is InChI=1S/C24H24FN7OS/c25-19-7-1-4-16(12-19)21-27-23(33-29-21)18-6-3-11-30(14-18)15-31-24(34)32(20-8-9-20)22(28-31)17-5-2-10-26-13-17/h1-2,4-5,7,10,12-13,18,20H,3,6,8-9,11,14-15H2/t18-/m0/s1. The number of likely N-dealkylation sites (tertiary alicyclic amines) is 1. The van der Waals surface area contributed by atoms with Gasteiger partial charge in [0.25, 0.3) is 0 Å². The number of halogens is 1. The van der Waals surface area contributed by atoms with E-state index in [2.05, 4.69) is 24.6 Å². The molecule has 1 aliphatic heterocycles. The number of hydrogen-bond donors (Lipinski definition) is 0. The van der Waals surface area contributed by atoms with Gasteiger partial charge in [0.05, 0.1) is 12.6 Å². The third-order valence-electron chi connectivity index (χ3n) is 6.42. The van der Waals surface area contributed by atoms with Crippen molar-refractivity contribution in [3.05, 3.63) is 65.3 Å². The molecule has 34 heavy (non-hydrogen) atoms. The Morgan fingerprint density at radius 2 is 2.00 bits per heavy atom. The van der Waals surface area contributed by atoms with Gasteiger partial charge in [-0.05, 0) is 68.7 Å². The van der Waals surface area contributed by atoms with Gasteiger partial charge in [-0.15, -0.1) is 0 Å². The number of rotatable bonds is 6. The normalized spacial score (nSPS) is 18.9. The molecule has 1 atom stereocenters. The van der Waals surface area contributed by atoms with Crippen LogP contribution < -0.4 is 0 Å². The number of hydrogen-bond acceptors (Lipinski definition) is 7. The van der Waals surface area contributed by atoms with Crippen molar-refractivity contribution in [2.45, 2.75) is 44.3 Å². The molecule has 0 amide bonds. The average molecular weight is 478 g/mol. The molecule has 1 saturated heterocycles. The van der Waals surface area contributed by atoms with Gasteiger partial charge in [-0.2, -0.15) is 10.1 Å². The van der Waals surface area contributed by atoms with E-state index in [1.807, 2.05) is 23.0 Å². The Labute approximate surface area is 201 Å². The minimum Gasteiger partial charge on any atom is -0.339 e. The first-order valence-electron chi connectivity index (χ1n) is 11.6. The molecule has 174 valence electrons. The summed E-state index contributed by atoms with van der Waals surface area (Å²) in [5, 5.41) is 8.98. The minimum absolute atomic E-state index is 0.112. The Hall–Kier alpha value is -3.24. The summed E-state index contributed by atoms with van der Waals surface area (Å²) in [6.45, 7) is 2.32.